The smallest absolute Gasteiger partial charge is 0.367 e. The topological polar surface area (TPSA) is 57.1 Å². The molecule has 5 heteroatoms. The highest BCUT2D eigenvalue weighted by Gasteiger charge is 2.21. The van der Waals surface area contributed by atoms with Crippen LogP contribution in [-0.4, -0.2) is 18.8 Å². The van der Waals surface area contributed by atoms with Gasteiger partial charge in [0.05, 0.1) is 18.4 Å². The second-order valence-corrected chi connectivity index (χ2v) is 5.80. The number of benzene rings is 2. The molecule has 0 amide bonds. The van der Waals surface area contributed by atoms with Crippen LogP contribution >= 0.6 is 0 Å². The number of carbonyl (C=O) groups excluding carboxylic acids is 1. The van der Waals surface area contributed by atoms with Gasteiger partial charge in [0.25, 0.3) is 0 Å². The van der Waals surface area contributed by atoms with Gasteiger partial charge in [-0.25, -0.2) is 4.79 Å². The summed E-state index contributed by atoms with van der Waals surface area (Å²) in [5, 5.41) is 3.67. The zero-order chi connectivity index (χ0) is 17.8. The number of carbonyl (C=O) groups is 1. The largest absolute Gasteiger partial charge is 0.493 e. The number of hydrogen-bond acceptors (Lipinski definition) is 5. The second kappa shape index (κ2) is 7.21. The number of hydrogen-bond donors (Lipinski definition) is 0. The maximum atomic E-state index is 11.6. The maximum Gasteiger partial charge on any atom is 0.367 e. The van der Waals surface area contributed by atoms with Gasteiger partial charge in [0.15, 0.2) is 11.5 Å². The Morgan fingerprint density at radius 1 is 1.08 bits per heavy atom. The first kappa shape index (κ1) is 16.8. The van der Waals surface area contributed by atoms with Gasteiger partial charge in [0.1, 0.15) is 6.61 Å². The van der Waals surface area contributed by atoms with Crippen molar-refractivity contribution in [3.8, 4) is 11.5 Å². The van der Waals surface area contributed by atoms with E-state index in [1.165, 1.54) is 5.56 Å². The Balaban J connectivity index is 1.78. The molecule has 0 unspecified atom stereocenters. The fourth-order valence-corrected chi connectivity index (χ4v) is 2.42. The van der Waals surface area contributed by atoms with Crippen LogP contribution in [-0.2, 0) is 16.2 Å². The summed E-state index contributed by atoms with van der Waals surface area (Å²) in [6.45, 7) is 4.23. The summed E-state index contributed by atoms with van der Waals surface area (Å²) < 4.78 is 11.3. The van der Waals surface area contributed by atoms with Crippen molar-refractivity contribution >= 4 is 17.8 Å². The van der Waals surface area contributed by atoms with Gasteiger partial charge in [-0.3, -0.25) is 0 Å². The predicted molar refractivity (Wildman–Crippen MR) is 95.7 cm³/mol. The van der Waals surface area contributed by atoms with E-state index in [4.69, 9.17) is 9.47 Å². The van der Waals surface area contributed by atoms with Crippen LogP contribution in [0.1, 0.15) is 23.6 Å². The van der Waals surface area contributed by atoms with Gasteiger partial charge < -0.3 is 14.3 Å². The lowest BCUT2D eigenvalue weighted by Crippen LogP contribution is -2.02. The van der Waals surface area contributed by atoms with Crippen LogP contribution in [0, 0.1) is 6.92 Å². The average molecular weight is 337 g/mol. The lowest BCUT2D eigenvalue weighted by molar-refractivity contribution is -0.136. The van der Waals surface area contributed by atoms with E-state index in [1.54, 1.807) is 20.1 Å². The SMILES string of the molecule is COc1cc(C=C2C(=O)ON=C2C)ccc1OCc1ccc(C)cc1. The Bertz CT molecular complexity index is 850. The van der Waals surface area contributed by atoms with Gasteiger partial charge in [-0.1, -0.05) is 41.1 Å². The van der Waals surface area contributed by atoms with Crippen LogP contribution in [0.2, 0.25) is 0 Å². The van der Waals surface area contributed by atoms with Crippen molar-refractivity contribution in [1.82, 2.24) is 0 Å². The molecule has 0 saturated carbocycles. The van der Waals surface area contributed by atoms with Crippen molar-refractivity contribution < 1.29 is 19.1 Å². The molecule has 0 radical (unpaired) electrons. The van der Waals surface area contributed by atoms with Gasteiger partial charge in [0, 0.05) is 0 Å². The summed E-state index contributed by atoms with van der Waals surface area (Å²) in [5.41, 5.74) is 4.10. The van der Waals surface area contributed by atoms with Crippen molar-refractivity contribution in [2.45, 2.75) is 20.5 Å². The highest BCUT2D eigenvalue weighted by Crippen LogP contribution is 2.30. The molecule has 0 aliphatic carbocycles. The first-order valence-electron chi connectivity index (χ1n) is 7.91. The molecule has 2 aromatic rings. The molecular formula is C20H19NO4. The van der Waals surface area contributed by atoms with Crippen LogP contribution < -0.4 is 9.47 Å². The average Bonchev–Trinajstić information content (AvgIpc) is 2.93. The van der Waals surface area contributed by atoms with E-state index >= 15 is 0 Å². The van der Waals surface area contributed by atoms with Crippen LogP contribution in [0.3, 0.4) is 0 Å². The molecular weight excluding hydrogens is 318 g/mol. The van der Waals surface area contributed by atoms with E-state index in [0.29, 0.717) is 29.4 Å². The van der Waals surface area contributed by atoms with E-state index in [1.807, 2.05) is 37.3 Å². The molecule has 0 N–H and O–H groups in total. The quantitative estimate of drug-likeness (QED) is 0.613. The number of ether oxygens (including phenoxy) is 2. The Morgan fingerprint density at radius 2 is 1.84 bits per heavy atom. The van der Waals surface area contributed by atoms with Crippen molar-refractivity contribution in [2.75, 3.05) is 7.11 Å². The minimum atomic E-state index is -0.448. The first-order chi connectivity index (χ1) is 12.1. The van der Waals surface area contributed by atoms with Crippen LogP contribution in [0.25, 0.3) is 6.08 Å². The van der Waals surface area contributed by atoms with Gasteiger partial charge in [0.2, 0.25) is 0 Å². The normalized spacial score (nSPS) is 15.1. The second-order valence-electron chi connectivity index (χ2n) is 5.80. The lowest BCUT2D eigenvalue weighted by Gasteiger charge is -2.11. The third-order valence-electron chi connectivity index (χ3n) is 3.89. The Hall–Kier alpha value is -3.08. The Kier molecular flexibility index (Phi) is 4.84. The summed E-state index contributed by atoms with van der Waals surface area (Å²) in [6.07, 6.45) is 1.72. The van der Waals surface area contributed by atoms with Crippen molar-refractivity contribution in [3.05, 3.63) is 64.7 Å². The lowest BCUT2D eigenvalue weighted by atomic mass is 10.1. The molecule has 0 aromatic heterocycles. The summed E-state index contributed by atoms with van der Waals surface area (Å²) in [7, 11) is 1.58. The molecule has 25 heavy (non-hydrogen) atoms. The van der Waals surface area contributed by atoms with Crippen molar-refractivity contribution in [3.63, 3.8) is 0 Å². The summed E-state index contributed by atoms with van der Waals surface area (Å²) >= 11 is 0. The van der Waals surface area contributed by atoms with Crippen molar-refractivity contribution in [2.24, 2.45) is 5.16 Å². The van der Waals surface area contributed by atoms with E-state index in [-0.39, 0.29) is 0 Å². The Morgan fingerprint density at radius 3 is 2.48 bits per heavy atom. The molecule has 5 nitrogen and oxygen atoms in total. The van der Waals surface area contributed by atoms with Crippen LogP contribution in [0.5, 0.6) is 11.5 Å². The maximum absolute atomic E-state index is 11.6. The number of aryl methyl sites for hydroxylation is 1. The number of methoxy groups -OCH3 is 1. The fourth-order valence-electron chi connectivity index (χ4n) is 2.42. The molecule has 0 fully saturated rings. The predicted octanol–water partition coefficient (Wildman–Crippen LogP) is 3.90. The molecule has 1 heterocycles. The van der Waals surface area contributed by atoms with E-state index < -0.39 is 5.97 Å². The van der Waals surface area contributed by atoms with E-state index in [2.05, 4.69) is 22.1 Å². The molecule has 1 aliphatic heterocycles. The van der Waals surface area contributed by atoms with E-state index in [0.717, 1.165) is 11.1 Å². The molecule has 0 bridgehead atoms. The summed E-state index contributed by atoms with van der Waals surface area (Å²) in [4.78, 5) is 16.3. The third-order valence-corrected chi connectivity index (χ3v) is 3.89. The molecule has 0 spiro atoms. The molecule has 3 rings (SSSR count). The third kappa shape index (κ3) is 3.88. The van der Waals surface area contributed by atoms with Gasteiger partial charge in [-0.2, -0.15) is 0 Å². The number of nitrogens with zero attached hydrogens (tertiary/aromatic N) is 1. The monoisotopic (exact) mass is 337 g/mol. The standard InChI is InChI=1S/C20H19NO4/c1-13-4-6-15(7-5-13)12-24-18-9-8-16(11-19(18)23-3)10-17-14(2)21-25-20(17)22/h4-11H,12H2,1-3H3. The Labute approximate surface area is 146 Å². The minimum absolute atomic E-state index is 0.440. The van der Waals surface area contributed by atoms with Gasteiger partial charge >= 0.3 is 5.97 Å². The first-order valence-corrected chi connectivity index (χ1v) is 7.91. The summed E-state index contributed by atoms with van der Waals surface area (Å²) in [6, 6.07) is 13.7. The fraction of sp³-hybridized carbons (Fsp3) is 0.200. The van der Waals surface area contributed by atoms with Crippen LogP contribution in [0.15, 0.2) is 53.2 Å². The molecule has 0 saturated heterocycles. The van der Waals surface area contributed by atoms with Crippen LogP contribution in [0.4, 0.5) is 0 Å². The molecule has 128 valence electrons. The highest BCUT2D eigenvalue weighted by molar-refractivity contribution is 6.24. The van der Waals surface area contributed by atoms with E-state index in [9.17, 15) is 4.79 Å². The van der Waals surface area contributed by atoms with Gasteiger partial charge in [-0.15, -0.1) is 0 Å². The number of rotatable bonds is 5. The minimum Gasteiger partial charge on any atom is -0.493 e. The zero-order valence-corrected chi connectivity index (χ0v) is 14.4. The molecule has 2 aromatic carbocycles. The molecule has 1 aliphatic rings. The van der Waals surface area contributed by atoms with Gasteiger partial charge in [-0.05, 0) is 43.2 Å². The van der Waals surface area contributed by atoms with Crippen molar-refractivity contribution in [1.29, 1.82) is 0 Å². The highest BCUT2D eigenvalue weighted by atomic mass is 16.7. The zero-order valence-electron chi connectivity index (χ0n) is 14.4. The number of oxime groups is 1. The molecule has 0 atom stereocenters. The summed E-state index contributed by atoms with van der Waals surface area (Å²) in [5.74, 6) is 0.795.